The van der Waals surface area contributed by atoms with E-state index in [1.165, 1.54) is 6.07 Å². The molecule has 1 N–H and O–H groups in total. The van der Waals surface area contributed by atoms with Crippen molar-refractivity contribution in [3.63, 3.8) is 0 Å². The van der Waals surface area contributed by atoms with Gasteiger partial charge in [0.05, 0.1) is 24.4 Å². The minimum atomic E-state index is -4.40. The largest absolute Gasteiger partial charge is 0.496 e. The number of halogens is 4. The second kappa shape index (κ2) is 6.34. The summed E-state index contributed by atoms with van der Waals surface area (Å²) < 4.78 is 47.1. The van der Waals surface area contributed by atoms with E-state index >= 15 is 0 Å². The Morgan fingerprint density at radius 2 is 1.96 bits per heavy atom. The number of nitrogens with one attached hydrogen (secondary N) is 1. The smallest absolute Gasteiger partial charge is 0.418 e. The molecule has 1 heterocycles. The van der Waals surface area contributed by atoms with Gasteiger partial charge in [0.15, 0.2) is 0 Å². The van der Waals surface area contributed by atoms with Crippen molar-refractivity contribution in [2.24, 2.45) is 5.92 Å². The van der Waals surface area contributed by atoms with Gasteiger partial charge >= 0.3 is 6.18 Å². The second-order valence-electron chi connectivity index (χ2n) is 6.63. The third kappa shape index (κ3) is 2.80. The Morgan fingerprint density at radius 1 is 1.15 bits per heavy atom. The van der Waals surface area contributed by atoms with Crippen molar-refractivity contribution in [1.82, 2.24) is 0 Å². The van der Waals surface area contributed by atoms with Gasteiger partial charge in [0.1, 0.15) is 5.75 Å². The first-order valence-corrected chi connectivity index (χ1v) is 9.16. The number of hydrogen-bond acceptors (Lipinski definition) is 2. The van der Waals surface area contributed by atoms with Gasteiger partial charge < -0.3 is 10.1 Å². The summed E-state index contributed by atoms with van der Waals surface area (Å²) >= 11 is 3.46. The summed E-state index contributed by atoms with van der Waals surface area (Å²) in [7, 11) is 1.58. The number of para-hydroxylation sites is 1. The monoisotopic (exact) mass is 423 g/mol. The van der Waals surface area contributed by atoms with Gasteiger partial charge in [-0.05, 0) is 42.2 Å². The molecule has 136 valence electrons. The van der Waals surface area contributed by atoms with Crippen LogP contribution in [0.4, 0.5) is 18.9 Å². The predicted molar refractivity (Wildman–Crippen MR) is 98.5 cm³/mol. The average Bonchev–Trinajstić information content (AvgIpc) is 3.09. The summed E-state index contributed by atoms with van der Waals surface area (Å²) in [5, 5.41) is 3.20. The molecule has 2 aromatic rings. The van der Waals surface area contributed by atoms with Gasteiger partial charge in [0.2, 0.25) is 0 Å². The number of methoxy groups -OCH3 is 1. The van der Waals surface area contributed by atoms with E-state index in [0.29, 0.717) is 11.3 Å². The van der Waals surface area contributed by atoms with E-state index in [9.17, 15) is 13.2 Å². The van der Waals surface area contributed by atoms with Crippen LogP contribution in [0.3, 0.4) is 0 Å². The molecule has 0 saturated heterocycles. The van der Waals surface area contributed by atoms with Crippen LogP contribution in [0.25, 0.3) is 0 Å². The maximum atomic E-state index is 13.6. The van der Waals surface area contributed by atoms with E-state index in [4.69, 9.17) is 4.74 Å². The van der Waals surface area contributed by atoms with Crippen molar-refractivity contribution in [2.75, 3.05) is 12.4 Å². The topological polar surface area (TPSA) is 21.3 Å². The Balaban J connectivity index is 1.88. The van der Waals surface area contributed by atoms with Crippen molar-refractivity contribution >= 4 is 21.6 Å². The van der Waals surface area contributed by atoms with Gasteiger partial charge in [-0.25, -0.2) is 0 Å². The zero-order chi connectivity index (χ0) is 18.5. The van der Waals surface area contributed by atoms with Crippen LogP contribution in [0.15, 0.2) is 53.0 Å². The SMILES string of the molecule is COc1ccc(Br)cc1[C@@H]1Nc2c(cccc2C(F)(F)F)[C@@H]2C=CC[C@H]21. The third-order valence-electron chi connectivity index (χ3n) is 5.23. The van der Waals surface area contributed by atoms with Crippen molar-refractivity contribution in [3.8, 4) is 5.75 Å². The molecule has 1 aliphatic heterocycles. The van der Waals surface area contributed by atoms with Crippen molar-refractivity contribution in [1.29, 1.82) is 0 Å². The lowest BCUT2D eigenvalue weighted by molar-refractivity contribution is -0.137. The normalized spacial score (nSPS) is 24.0. The van der Waals surface area contributed by atoms with E-state index in [1.807, 2.05) is 24.3 Å². The van der Waals surface area contributed by atoms with Crippen LogP contribution in [-0.4, -0.2) is 7.11 Å². The third-order valence-corrected chi connectivity index (χ3v) is 5.72. The highest BCUT2D eigenvalue weighted by Gasteiger charge is 2.43. The molecule has 2 aromatic carbocycles. The van der Waals surface area contributed by atoms with Gasteiger partial charge in [-0.15, -0.1) is 0 Å². The number of alkyl halides is 3. The molecule has 0 radical (unpaired) electrons. The molecule has 3 atom stereocenters. The van der Waals surface area contributed by atoms with E-state index in [2.05, 4.69) is 27.3 Å². The predicted octanol–water partition coefficient (Wildman–Crippen LogP) is 6.30. The van der Waals surface area contributed by atoms with Crippen molar-refractivity contribution < 1.29 is 17.9 Å². The number of rotatable bonds is 2. The Bertz CT molecular complexity index is 878. The molecule has 2 nitrogen and oxygen atoms in total. The summed E-state index contributed by atoms with van der Waals surface area (Å²) in [6.07, 6.45) is 0.499. The molecule has 0 fully saturated rings. The quantitative estimate of drug-likeness (QED) is 0.571. The van der Waals surface area contributed by atoms with E-state index in [-0.39, 0.29) is 23.6 Å². The lowest BCUT2D eigenvalue weighted by Crippen LogP contribution is -2.31. The summed E-state index contributed by atoms with van der Waals surface area (Å²) in [5.41, 5.74) is 1.14. The zero-order valence-corrected chi connectivity index (χ0v) is 15.6. The van der Waals surface area contributed by atoms with Crippen LogP contribution in [0.5, 0.6) is 5.75 Å². The molecule has 26 heavy (non-hydrogen) atoms. The number of benzene rings is 2. The van der Waals surface area contributed by atoms with E-state index < -0.39 is 11.7 Å². The molecule has 0 saturated carbocycles. The van der Waals surface area contributed by atoms with Crippen LogP contribution in [0.2, 0.25) is 0 Å². The van der Waals surface area contributed by atoms with Gasteiger partial charge in [-0.2, -0.15) is 13.2 Å². The highest BCUT2D eigenvalue weighted by molar-refractivity contribution is 9.10. The lowest BCUT2D eigenvalue weighted by atomic mass is 9.76. The fraction of sp³-hybridized carbons (Fsp3) is 0.300. The molecule has 0 amide bonds. The summed E-state index contributed by atoms with van der Waals surface area (Å²) in [5.74, 6) is 0.778. The summed E-state index contributed by atoms with van der Waals surface area (Å²) in [6, 6.07) is 9.78. The molecular formula is C20H17BrF3NO. The lowest BCUT2D eigenvalue weighted by Gasteiger charge is -2.39. The minimum absolute atomic E-state index is 0.0396. The molecule has 1 aliphatic carbocycles. The fourth-order valence-corrected chi connectivity index (χ4v) is 4.49. The Hall–Kier alpha value is -1.95. The van der Waals surface area contributed by atoms with Crippen LogP contribution < -0.4 is 10.1 Å². The van der Waals surface area contributed by atoms with Crippen LogP contribution in [0, 0.1) is 5.92 Å². The highest BCUT2D eigenvalue weighted by atomic mass is 79.9. The average molecular weight is 424 g/mol. The molecule has 0 aromatic heterocycles. The molecule has 6 heteroatoms. The van der Waals surface area contributed by atoms with Crippen LogP contribution in [0.1, 0.15) is 35.1 Å². The van der Waals surface area contributed by atoms with Gasteiger partial charge in [-0.1, -0.05) is 40.2 Å². The van der Waals surface area contributed by atoms with Gasteiger partial charge in [-0.3, -0.25) is 0 Å². The fourth-order valence-electron chi connectivity index (χ4n) is 4.11. The Kier molecular flexibility index (Phi) is 4.26. The molecule has 2 aliphatic rings. The number of fused-ring (bicyclic) bond motifs is 3. The first kappa shape index (κ1) is 17.5. The number of hydrogen-bond donors (Lipinski definition) is 1. The Labute approximate surface area is 158 Å². The van der Waals surface area contributed by atoms with Crippen LogP contribution >= 0.6 is 15.9 Å². The first-order valence-electron chi connectivity index (χ1n) is 8.37. The molecule has 4 rings (SSSR count). The Morgan fingerprint density at radius 3 is 2.69 bits per heavy atom. The first-order chi connectivity index (χ1) is 12.4. The van der Waals surface area contributed by atoms with Crippen molar-refractivity contribution in [3.05, 3.63) is 69.7 Å². The number of anilines is 1. The van der Waals surface area contributed by atoms with Gasteiger partial charge in [0.25, 0.3) is 0 Å². The maximum Gasteiger partial charge on any atom is 0.418 e. The highest BCUT2D eigenvalue weighted by Crippen LogP contribution is 2.53. The number of ether oxygens (including phenoxy) is 1. The molecule has 0 spiro atoms. The number of allylic oxidation sites excluding steroid dienone is 2. The molecule has 0 unspecified atom stereocenters. The standard InChI is InChI=1S/C20H17BrF3NO/c1-26-17-9-8-11(21)10-15(17)18-13-5-2-4-12(13)14-6-3-7-16(19(14)25-18)20(22,23)24/h2-4,6-10,12-13,18,25H,5H2,1H3/t12-,13-,18-/m1/s1. The summed E-state index contributed by atoms with van der Waals surface area (Å²) in [4.78, 5) is 0. The van der Waals surface area contributed by atoms with Gasteiger partial charge in [0, 0.05) is 16.0 Å². The minimum Gasteiger partial charge on any atom is -0.496 e. The zero-order valence-electron chi connectivity index (χ0n) is 14.0. The molecule has 0 bridgehead atoms. The maximum absolute atomic E-state index is 13.6. The summed E-state index contributed by atoms with van der Waals surface area (Å²) in [6.45, 7) is 0. The molecular weight excluding hydrogens is 407 g/mol. The van der Waals surface area contributed by atoms with Crippen LogP contribution in [-0.2, 0) is 6.18 Å². The van der Waals surface area contributed by atoms with E-state index in [0.717, 1.165) is 22.5 Å². The second-order valence-corrected chi connectivity index (χ2v) is 7.55. The van der Waals surface area contributed by atoms with Crippen molar-refractivity contribution in [2.45, 2.75) is 24.6 Å². The van der Waals surface area contributed by atoms with E-state index in [1.54, 1.807) is 13.2 Å².